The Hall–Kier alpha value is -4.03. The monoisotopic (exact) mass is 626 g/mol. The SMILES string of the molecule is CCc1nc(-c2cccc(CN)c2)c(-c2ccnc(NC3=CNC(N4CCN(C(C)=O)CC4)C=C3)n2)s1.Sc1ccccc1. The summed E-state index contributed by atoms with van der Waals surface area (Å²) in [6.45, 7) is 7.43. The first-order valence-electron chi connectivity index (χ1n) is 14.7. The summed E-state index contributed by atoms with van der Waals surface area (Å²) in [5.41, 5.74) is 10.6. The van der Waals surface area contributed by atoms with Gasteiger partial charge >= 0.3 is 0 Å². The zero-order valence-corrected chi connectivity index (χ0v) is 26.7. The van der Waals surface area contributed by atoms with Crippen LogP contribution in [0.2, 0.25) is 0 Å². The molecule has 2 aromatic heterocycles. The van der Waals surface area contributed by atoms with Crippen molar-refractivity contribution in [2.24, 2.45) is 5.73 Å². The zero-order valence-electron chi connectivity index (χ0n) is 25.0. The number of piperazine rings is 1. The second-order valence-corrected chi connectivity index (χ2v) is 12.0. The number of carbonyl (C=O) groups excluding carboxylic acids is 1. The average molecular weight is 627 g/mol. The molecule has 0 radical (unpaired) electrons. The third kappa shape index (κ3) is 8.11. The van der Waals surface area contributed by atoms with Crippen LogP contribution in [0.4, 0.5) is 5.95 Å². The smallest absolute Gasteiger partial charge is 0.227 e. The van der Waals surface area contributed by atoms with Crippen molar-refractivity contribution in [3.8, 4) is 21.8 Å². The number of aryl methyl sites for hydroxylation is 1. The molecule has 1 amide bonds. The van der Waals surface area contributed by atoms with Gasteiger partial charge in [-0.2, -0.15) is 0 Å². The van der Waals surface area contributed by atoms with E-state index in [-0.39, 0.29) is 12.1 Å². The fraction of sp³-hybridized carbons (Fsp3) is 0.273. The van der Waals surface area contributed by atoms with Gasteiger partial charge < -0.3 is 21.3 Å². The van der Waals surface area contributed by atoms with Gasteiger partial charge in [-0.25, -0.2) is 15.0 Å². The number of thiol groups is 1. The summed E-state index contributed by atoms with van der Waals surface area (Å²) in [5, 5.41) is 7.82. The molecule has 2 aliphatic rings. The molecular formula is C33H38N8OS2. The van der Waals surface area contributed by atoms with Crippen LogP contribution in [0.5, 0.6) is 0 Å². The van der Waals surface area contributed by atoms with Gasteiger partial charge in [0.2, 0.25) is 11.9 Å². The number of anilines is 1. The van der Waals surface area contributed by atoms with Gasteiger partial charge in [0.15, 0.2) is 0 Å². The van der Waals surface area contributed by atoms with E-state index in [0.29, 0.717) is 12.5 Å². The largest absolute Gasteiger partial charge is 0.371 e. The van der Waals surface area contributed by atoms with E-state index in [4.69, 9.17) is 15.7 Å². The number of aromatic nitrogens is 3. The zero-order chi connectivity index (χ0) is 30.9. The number of rotatable bonds is 7. The fourth-order valence-corrected chi connectivity index (χ4v) is 6.09. The molecule has 4 heterocycles. The van der Waals surface area contributed by atoms with E-state index < -0.39 is 0 Å². The Balaban J connectivity index is 0.000000484. The lowest BCUT2D eigenvalue weighted by atomic mass is 10.1. The lowest BCUT2D eigenvalue weighted by Crippen LogP contribution is -2.54. The Morgan fingerprint density at radius 2 is 1.89 bits per heavy atom. The van der Waals surface area contributed by atoms with Crippen molar-refractivity contribution in [2.75, 3.05) is 31.5 Å². The third-order valence-electron chi connectivity index (χ3n) is 7.33. The maximum Gasteiger partial charge on any atom is 0.227 e. The standard InChI is InChI=1S/C27H32N8OS.C6H6S/c1-3-24-33-25(20-6-4-5-19(15-20)16-28)26(37-24)22-9-10-29-27(32-22)31-21-7-8-23(30-17-21)35-13-11-34(12-14-35)18(2)36;7-6-4-2-1-3-5-6/h4-10,15,17,23,30H,3,11-14,16,28H2,1-2H3,(H,29,31,32);1-5,7H. The minimum atomic E-state index is 0.100. The first-order chi connectivity index (χ1) is 21.4. The van der Waals surface area contributed by atoms with Crippen LogP contribution in [0.3, 0.4) is 0 Å². The Labute approximate surface area is 268 Å². The minimum absolute atomic E-state index is 0.100. The van der Waals surface area contributed by atoms with Crippen LogP contribution in [0.25, 0.3) is 21.8 Å². The van der Waals surface area contributed by atoms with Gasteiger partial charge in [0.05, 0.1) is 33.1 Å². The molecule has 0 saturated carbocycles. The molecule has 9 nitrogen and oxygen atoms in total. The molecule has 11 heteroatoms. The maximum atomic E-state index is 11.6. The molecule has 1 atom stereocenters. The molecule has 4 aromatic rings. The number of hydrogen-bond donors (Lipinski definition) is 4. The van der Waals surface area contributed by atoms with Gasteiger partial charge in [0.25, 0.3) is 0 Å². The normalized spacial score (nSPS) is 16.4. The number of allylic oxidation sites excluding steroid dienone is 1. The molecule has 2 aliphatic heterocycles. The third-order valence-corrected chi connectivity index (χ3v) is 8.85. The Bertz CT molecular complexity index is 1610. The van der Waals surface area contributed by atoms with Crippen LogP contribution in [-0.2, 0) is 17.8 Å². The van der Waals surface area contributed by atoms with E-state index >= 15 is 0 Å². The summed E-state index contributed by atoms with van der Waals surface area (Å²) in [5.74, 6) is 0.665. The number of amides is 1. The number of nitrogens with one attached hydrogen (secondary N) is 2. The summed E-state index contributed by atoms with van der Waals surface area (Å²) < 4.78 is 0. The molecule has 6 rings (SSSR count). The van der Waals surface area contributed by atoms with Crippen LogP contribution in [0.15, 0.2) is 95.8 Å². The van der Waals surface area contributed by atoms with E-state index in [9.17, 15) is 4.79 Å². The molecule has 2 aromatic carbocycles. The number of dihydropyridines is 1. The van der Waals surface area contributed by atoms with Gasteiger partial charge in [-0.15, -0.1) is 24.0 Å². The number of thiazole rings is 1. The molecular weight excluding hydrogens is 589 g/mol. The number of nitrogens with zero attached hydrogens (tertiary/aromatic N) is 5. The molecule has 0 aliphatic carbocycles. The Kier molecular flexibility index (Phi) is 10.8. The highest BCUT2D eigenvalue weighted by Crippen LogP contribution is 2.36. The summed E-state index contributed by atoms with van der Waals surface area (Å²) >= 11 is 5.75. The summed E-state index contributed by atoms with van der Waals surface area (Å²) in [6, 6.07) is 19.9. The molecule has 0 spiro atoms. The van der Waals surface area contributed by atoms with Crippen molar-refractivity contribution in [1.82, 2.24) is 30.1 Å². The fourth-order valence-electron chi connectivity index (χ4n) is 4.93. The van der Waals surface area contributed by atoms with Crippen LogP contribution in [0, 0.1) is 0 Å². The highest BCUT2D eigenvalue weighted by molar-refractivity contribution is 7.80. The van der Waals surface area contributed by atoms with Crippen molar-refractivity contribution in [3.05, 3.63) is 101 Å². The highest BCUT2D eigenvalue weighted by atomic mass is 32.1. The van der Waals surface area contributed by atoms with Crippen molar-refractivity contribution in [3.63, 3.8) is 0 Å². The van der Waals surface area contributed by atoms with Crippen molar-refractivity contribution in [1.29, 1.82) is 0 Å². The molecule has 228 valence electrons. The van der Waals surface area contributed by atoms with Crippen LogP contribution in [0.1, 0.15) is 24.4 Å². The highest BCUT2D eigenvalue weighted by Gasteiger charge is 2.24. The molecule has 1 unspecified atom stereocenters. The average Bonchev–Trinajstić information content (AvgIpc) is 3.51. The van der Waals surface area contributed by atoms with E-state index in [2.05, 4.69) is 58.3 Å². The number of benzene rings is 2. The van der Waals surface area contributed by atoms with E-state index in [1.807, 2.05) is 65.7 Å². The van der Waals surface area contributed by atoms with E-state index in [1.165, 1.54) is 0 Å². The molecule has 4 N–H and O–H groups in total. The lowest BCUT2D eigenvalue weighted by molar-refractivity contribution is -0.130. The molecule has 0 bridgehead atoms. The lowest BCUT2D eigenvalue weighted by Gasteiger charge is -2.38. The van der Waals surface area contributed by atoms with Gasteiger partial charge in [0.1, 0.15) is 0 Å². The predicted octanol–water partition coefficient (Wildman–Crippen LogP) is 5.17. The minimum Gasteiger partial charge on any atom is -0.371 e. The van der Waals surface area contributed by atoms with Crippen molar-refractivity contribution >= 4 is 35.8 Å². The van der Waals surface area contributed by atoms with Gasteiger partial charge in [-0.05, 0) is 48.4 Å². The number of carbonyl (C=O) groups is 1. The summed E-state index contributed by atoms with van der Waals surface area (Å²) in [4.78, 5) is 32.0. The summed E-state index contributed by atoms with van der Waals surface area (Å²) in [7, 11) is 0. The number of nitrogens with two attached hydrogens (primary N) is 1. The quantitative estimate of drug-likeness (QED) is 0.208. The van der Waals surface area contributed by atoms with Crippen LogP contribution < -0.4 is 16.4 Å². The summed E-state index contributed by atoms with van der Waals surface area (Å²) in [6.07, 6.45) is 8.84. The van der Waals surface area contributed by atoms with Gasteiger partial charge in [0, 0.05) is 62.5 Å². The Morgan fingerprint density at radius 3 is 2.52 bits per heavy atom. The topological polar surface area (TPSA) is 112 Å². The maximum absolute atomic E-state index is 11.6. The second-order valence-electron chi connectivity index (χ2n) is 10.4. The Morgan fingerprint density at radius 1 is 1.09 bits per heavy atom. The van der Waals surface area contributed by atoms with Crippen LogP contribution >= 0.6 is 24.0 Å². The van der Waals surface area contributed by atoms with Crippen molar-refractivity contribution in [2.45, 2.75) is 37.9 Å². The predicted molar refractivity (Wildman–Crippen MR) is 181 cm³/mol. The molecule has 44 heavy (non-hydrogen) atoms. The first-order valence-corrected chi connectivity index (χ1v) is 16.0. The number of hydrogen-bond acceptors (Lipinski definition) is 10. The van der Waals surface area contributed by atoms with E-state index in [1.54, 1.807) is 24.5 Å². The molecule has 1 saturated heterocycles. The molecule has 1 fully saturated rings. The van der Waals surface area contributed by atoms with E-state index in [0.717, 1.165) is 75.6 Å². The van der Waals surface area contributed by atoms with Gasteiger partial charge in [-0.1, -0.05) is 43.3 Å². The second kappa shape index (κ2) is 15.1. The van der Waals surface area contributed by atoms with Crippen LogP contribution in [-0.4, -0.2) is 63.0 Å². The van der Waals surface area contributed by atoms with Gasteiger partial charge in [-0.3, -0.25) is 9.69 Å². The van der Waals surface area contributed by atoms with Crippen molar-refractivity contribution < 1.29 is 4.79 Å². The first kappa shape index (κ1) is 31.4.